The molecule has 23 heavy (non-hydrogen) atoms. The average molecular weight is 314 g/mol. The van der Waals surface area contributed by atoms with Gasteiger partial charge in [0.25, 0.3) is 0 Å². The number of nitrogens with zero attached hydrogens (tertiary/aromatic N) is 3. The van der Waals surface area contributed by atoms with E-state index in [1.807, 2.05) is 0 Å². The number of aromatic nitrogens is 2. The van der Waals surface area contributed by atoms with Crippen molar-refractivity contribution < 1.29 is 4.42 Å². The number of rotatable bonds is 8. The molecule has 0 radical (unpaired) electrons. The van der Waals surface area contributed by atoms with Gasteiger partial charge in [0.2, 0.25) is 5.89 Å². The van der Waals surface area contributed by atoms with Crippen molar-refractivity contribution >= 4 is 6.01 Å². The Balaban J connectivity index is 1.36. The third kappa shape index (κ3) is 4.79. The molecule has 1 aliphatic heterocycles. The Morgan fingerprint density at radius 2 is 2.13 bits per heavy atom. The summed E-state index contributed by atoms with van der Waals surface area (Å²) in [6.45, 7) is 6.45. The van der Waals surface area contributed by atoms with E-state index < -0.39 is 0 Å². The Kier molecular flexibility index (Phi) is 5.64. The largest absolute Gasteiger partial charge is 0.408 e. The second-order valence-electron chi connectivity index (χ2n) is 6.34. The fraction of sp³-hybridized carbons (Fsp3) is 0.556. The van der Waals surface area contributed by atoms with Gasteiger partial charge in [0, 0.05) is 26.1 Å². The summed E-state index contributed by atoms with van der Waals surface area (Å²) < 4.78 is 5.55. The molecule has 5 nitrogen and oxygen atoms in total. The first-order chi connectivity index (χ1) is 11.3. The van der Waals surface area contributed by atoms with Gasteiger partial charge in [0.05, 0.1) is 0 Å². The van der Waals surface area contributed by atoms with Crippen LogP contribution in [-0.2, 0) is 13.0 Å². The van der Waals surface area contributed by atoms with Crippen molar-refractivity contribution in [1.82, 2.24) is 15.1 Å². The van der Waals surface area contributed by atoms with E-state index in [0.29, 0.717) is 6.01 Å². The monoisotopic (exact) mass is 314 g/mol. The van der Waals surface area contributed by atoms with Gasteiger partial charge in [-0.3, -0.25) is 4.90 Å². The maximum Gasteiger partial charge on any atom is 0.315 e. The molecule has 1 aromatic carbocycles. The van der Waals surface area contributed by atoms with Crippen LogP contribution < -0.4 is 5.32 Å². The highest BCUT2D eigenvalue weighted by Crippen LogP contribution is 2.21. The normalized spacial score (nSPS) is 18.4. The molecular formula is C18H26N4O. The number of aryl methyl sites for hydroxylation is 1. The zero-order valence-electron chi connectivity index (χ0n) is 13.9. The molecule has 0 bridgehead atoms. The van der Waals surface area contributed by atoms with Crippen molar-refractivity contribution in [1.29, 1.82) is 0 Å². The molecule has 3 rings (SSSR count). The van der Waals surface area contributed by atoms with Gasteiger partial charge >= 0.3 is 6.01 Å². The van der Waals surface area contributed by atoms with Gasteiger partial charge in [-0.05, 0) is 37.3 Å². The van der Waals surface area contributed by atoms with E-state index in [2.05, 4.69) is 57.7 Å². The SMILES string of the molecule is CCCc1nnc(NCCC2CCN(Cc3ccccc3)C2)o1. The van der Waals surface area contributed by atoms with E-state index in [9.17, 15) is 0 Å². The van der Waals surface area contributed by atoms with Crippen molar-refractivity contribution in [2.24, 2.45) is 5.92 Å². The number of nitrogens with one attached hydrogen (secondary N) is 1. The predicted octanol–water partition coefficient (Wildman–Crippen LogP) is 3.35. The lowest BCUT2D eigenvalue weighted by Crippen LogP contribution is -2.20. The highest BCUT2D eigenvalue weighted by molar-refractivity contribution is 5.17. The summed E-state index contributed by atoms with van der Waals surface area (Å²) in [6, 6.07) is 11.3. The number of hydrogen-bond donors (Lipinski definition) is 1. The zero-order chi connectivity index (χ0) is 15.9. The molecule has 0 saturated carbocycles. The maximum atomic E-state index is 5.55. The summed E-state index contributed by atoms with van der Waals surface area (Å²) in [6.07, 6.45) is 4.31. The van der Waals surface area contributed by atoms with Gasteiger partial charge in [0.1, 0.15) is 0 Å². The Bertz CT molecular complexity index is 584. The first-order valence-electron chi connectivity index (χ1n) is 8.66. The lowest BCUT2D eigenvalue weighted by atomic mass is 10.1. The fourth-order valence-electron chi connectivity index (χ4n) is 3.16. The highest BCUT2D eigenvalue weighted by atomic mass is 16.4. The highest BCUT2D eigenvalue weighted by Gasteiger charge is 2.22. The van der Waals surface area contributed by atoms with E-state index in [0.717, 1.165) is 44.2 Å². The van der Waals surface area contributed by atoms with E-state index in [1.165, 1.54) is 25.1 Å². The summed E-state index contributed by atoms with van der Waals surface area (Å²) in [5.74, 6) is 1.48. The molecule has 5 heteroatoms. The smallest absolute Gasteiger partial charge is 0.315 e. The number of likely N-dealkylation sites (tertiary alicyclic amines) is 1. The molecule has 1 fully saturated rings. The molecule has 1 aliphatic rings. The molecule has 1 aromatic heterocycles. The minimum Gasteiger partial charge on any atom is -0.408 e. The van der Waals surface area contributed by atoms with E-state index in [4.69, 9.17) is 4.42 Å². The van der Waals surface area contributed by atoms with Crippen LogP contribution in [0.4, 0.5) is 6.01 Å². The van der Waals surface area contributed by atoms with Crippen LogP contribution in [-0.4, -0.2) is 34.7 Å². The molecule has 124 valence electrons. The summed E-state index contributed by atoms with van der Waals surface area (Å²) in [4.78, 5) is 2.55. The van der Waals surface area contributed by atoms with Crippen LogP contribution >= 0.6 is 0 Å². The Labute approximate surface area is 138 Å². The lowest BCUT2D eigenvalue weighted by molar-refractivity contribution is 0.314. The van der Waals surface area contributed by atoms with Gasteiger partial charge < -0.3 is 9.73 Å². The predicted molar refractivity (Wildman–Crippen MR) is 91.2 cm³/mol. The average Bonchev–Trinajstić information content (AvgIpc) is 3.19. The second-order valence-corrected chi connectivity index (χ2v) is 6.34. The molecule has 1 N–H and O–H groups in total. The molecule has 0 aliphatic carbocycles. The molecule has 1 saturated heterocycles. The van der Waals surface area contributed by atoms with Crippen LogP contribution in [0.5, 0.6) is 0 Å². The number of benzene rings is 1. The molecule has 0 amide bonds. The van der Waals surface area contributed by atoms with Crippen LogP contribution in [0, 0.1) is 5.92 Å². The molecular weight excluding hydrogens is 288 g/mol. The van der Waals surface area contributed by atoms with Crippen molar-refractivity contribution in [2.45, 2.75) is 39.2 Å². The summed E-state index contributed by atoms with van der Waals surface area (Å²) in [5.41, 5.74) is 1.40. The standard InChI is InChI=1S/C18H26N4O/c1-2-6-17-20-21-18(23-17)19-11-9-16-10-12-22(14-16)13-15-7-4-3-5-8-15/h3-5,7-8,16H,2,6,9-14H2,1H3,(H,19,21). The Hall–Kier alpha value is -1.88. The van der Waals surface area contributed by atoms with Crippen molar-refractivity contribution in [3.05, 3.63) is 41.8 Å². The molecule has 0 spiro atoms. The fourth-order valence-corrected chi connectivity index (χ4v) is 3.16. The summed E-state index contributed by atoms with van der Waals surface area (Å²) >= 11 is 0. The van der Waals surface area contributed by atoms with Crippen LogP contribution in [0.2, 0.25) is 0 Å². The van der Waals surface area contributed by atoms with E-state index in [-0.39, 0.29) is 0 Å². The molecule has 2 heterocycles. The molecule has 1 atom stereocenters. The zero-order valence-corrected chi connectivity index (χ0v) is 13.9. The van der Waals surface area contributed by atoms with Gasteiger partial charge in [-0.1, -0.05) is 42.4 Å². The van der Waals surface area contributed by atoms with Crippen LogP contribution in [0.25, 0.3) is 0 Å². The third-order valence-electron chi connectivity index (χ3n) is 4.38. The van der Waals surface area contributed by atoms with Gasteiger partial charge in [-0.2, -0.15) is 0 Å². The van der Waals surface area contributed by atoms with Crippen LogP contribution in [0.3, 0.4) is 0 Å². The third-order valence-corrected chi connectivity index (χ3v) is 4.38. The van der Waals surface area contributed by atoms with Crippen molar-refractivity contribution in [2.75, 3.05) is 25.0 Å². The topological polar surface area (TPSA) is 54.2 Å². The van der Waals surface area contributed by atoms with Gasteiger partial charge in [-0.15, -0.1) is 5.10 Å². The minimum atomic E-state index is 0.563. The number of anilines is 1. The van der Waals surface area contributed by atoms with Gasteiger partial charge in [0.15, 0.2) is 0 Å². The summed E-state index contributed by atoms with van der Waals surface area (Å²) in [7, 11) is 0. The van der Waals surface area contributed by atoms with E-state index >= 15 is 0 Å². The lowest BCUT2D eigenvalue weighted by Gasteiger charge is -2.16. The van der Waals surface area contributed by atoms with E-state index in [1.54, 1.807) is 0 Å². The maximum absolute atomic E-state index is 5.55. The van der Waals surface area contributed by atoms with Crippen LogP contribution in [0.15, 0.2) is 34.7 Å². The Morgan fingerprint density at radius 1 is 1.26 bits per heavy atom. The Morgan fingerprint density at radius 3 is 2.96 bits per heavy atom. The van der Waals surface area contributed by atoms with Gasteiger partial charge in [-0.25, -0.2) is 0 Å². The molecule has 1 unspecified atom stereocenters. The summed E-state index contributed by atoms with van der Waals surface area (Å²) in [5, 5.41) is 11.3. The van der Waals surface area contributed by atoms with Crippen molar-refractivity contribution in [3.63, 3.8) is 0 Å². The molecule has 2 aromatic rings. The van der Waals surface area contributed by atoms with Crippen molar-refractivity contribution in [3.8, 4) is 0 Å². The first-order valence-corrected chi connectivity index (χ1v) is 8.66. The minimum absolute atomic E-state index is 0.563. The van der Waals surface area contributed by atoms with Crippen LogP contribution in [0.1, 0.15) is 37.6 Å². The second kappa shape index (κ2) is 8.11. The first kappa shape index (κ1) is 16.0. The number of hydrogen-bond acceptors (Lipinski definition) is 5. The quantitative estimate of drug-likeness (QED) is 0.810.